The van der Waals surface area contributed by atoms with E-state index in [1.165, 1.54) is 18.1 Å². The summed E-state index contributed by atoms with van der Waals surface area (Å²) < 4.78 is 22.6. The van der Waals surface area contributed by atoms with E-state index in [4.69, 9.17) is 14.2 Å². The fraction of sp³-hybridized carbons (Fsp3) is 0.233. The summed E-state index contributed by atoms with van der Waals surface area (Å²) in [4.78, 5) is 41.5. The summed E-state index contributed by atoms with van der Waals surface area (Å²) in [7, 11) is 1.17. The highest BCUT2D eigenvalue weighted by Gasteiger charge is 2.46. The third-order valence-corrected chi connectivity index (χ3v) is 8.63. The lowest BCUT2D eigenvalue weighted by atomic mass is 9.92. The average molecular weight is 572 g/mol. The Morgan fingerprint density at radius 3 is 2.56 bits per heavy atom. The average Bonchev–Trinajstić information content (AvgIpc) is 3.46. The van der Waals surface area contributed by atoms with Crippen LogP contribution in [0.2, 0.25) is 0 Å². The van der Waals surface area contributed by atoms with Gasteiger partial charge in [-0.1, -0.05) is 48.5 Å². The van der Waals surface area contributed by atoms with Gasteiger partial charge in [0.15, 0.2) is 5.69 Å². The standard InChI is InChI=1S/C30H25N3O7S/c1-37-30(36)40-17-39-27-23(34)10-12-32-26(27)29(35)31-13-14-38-16-24(31)33(32)25-19-7-3-2-6-18(19)22-11-15-41-28(22)21-9-5-4-8-20(21)25/h2-12,15,24-25H,13-14,16-17H2,1H3/t24-,25?/m1/s1. The molecule has 1 saturated heterocycles. The SMILES string of the molecule is COC(=O)OCOc1c2n(ccc1=O)N(C1c3ccccc3-c3ccsc3-c3ccccc31)[C@@H]1COCCN1C2=O. The van der Waals surface area contributed by atoms with Crippen molar-refractivity contribution >= 4 is 23.4 Å². The van der Waals surface area contributed by atoms with Gasteiger partial charge in [-0.3, -0.25) is 19.3 Å². The Labute approximate surface area is 238 Å². The molecule has 0 spiro atoms. The highest BCUT2D eigenvalue weighted by molar-refractivity contribution is 7.14. The molecule has 10 nitrogen and oxygen atoms in total. The first-order chi connectivity index (χ1) is 20.1. The van der Waals surface area contributed by atoms with Crippen molar-refractivity contribution < 1.29 is 28.5 Å². The number of morpholine rings is 1. The monoisotopic (exact) mass is 571 g/mol. The first kappa shape index (κ1) is 25.4. The zero-order valence-electron chi connectivity index (χ0n) is 22.0. The molecule has 41 heavy (non-hydrogen) atoms. The van der Waals surface area contributed by atoms with E-state index in [0.717, 1.165) is 27.8 Å². The van der Waals surface area contributed by atoms with E-state index in [-0.39, 0.29) is 30.0 Å². The van der Waals surface area contributed by atoms with Crippen molar-refractivity contribution in [2.24, 2.45) is 0 Å². The zero-order valence-corrected chi connectivity index (χ0v) is 22.8. The van der Waals surface area contributed by atoms with Crippen molar-refractivity contribution in [2.75, 3.05) is 38.7 Å². The minimum Gasteiger partial charge on any atom is -0.451 e. The first-order valence-corrected chi connectivity index (χ1v) is 14.0. The number of methoxy groups -OCH3 is 1. The molecule has 7 rings (SSSR count). The van der Waals surface area contributed by atoms with Gasteiger partial charge in [-0.2, -0.15) is 0 Å². The molecular formula is C30H25N3O7S. The normalized spacial score (nSPS) is 18.7. The first-order valence-electron chi connectivity index (χ1n) is 13.1. The molecule has 208 valence electrons. The lowest BCUT2D eigenvalue weighted by Crippen LogP contribution is -2.66. The third kappa shape index (κ3) is 3.99. The predicted octanol–water partition coefficient (Wildman–Crippen LogP) is 4.22. The molecule has 2 aliphatic heterocycles. The number of carbonyl (C=O) groups excluding carboxylic acids is 2. The highest BCUT2D eigenvalue weighted by atomic mass is 32.1. The van der Waals surface area contributed by atoms with Crippen LogP contribution in [0.3, 0.4) is 0 Å². The van der Waals surface area contributed by atoms with Gasteiger partial charge in [-0.15, -0.1) is 11.3 Å². The number of thiophene rings is 1. The van der Waals surface area contributed by atoms with E-state index in [1.807, 2.05) is 24.3 Å². The van der Waals surface area contributed by atoms with Crippen molar-refractivity contribution in [1.82, 2.24) is 9.58 Å². The van der Waals surface area contributed by atoms with Crippen LogP contribution in [0.15, 0.2) is 77.0 Å². The quantitative estimate of drug-likeness (QED) is 0.265. The van der Waals surface area contributed by atoms with Crippen molar-refractivity contribution in [3.63, 3.8) is 0 Å². The lowest BCUT2D eigenvalue weighted by Gasteiger charge is -2.51. The number of aromatic nitrogens is 1. The van der Waals surface area contributed by atoms with Crippen LogP contribution >= 0.6 is 11.3 Å². The van der Waals surface area contributed by atoms with Gasteiger partial charge >= 0.3 is 6.16 Å². The Bertz CT molecular complexity index is 1670. The van der Waals surface area contributed by atoms with E-state index in [2.05, 4.69) is 45.5 Å². The number of fused-ring (bicyclic) bond motifs is 7. The van der Waals surface area contributed by atoms with Crippen LogP contribution in [0, 0.1) is 0 Å². The molecule has 1 aliphatic carbocycles. The van der Waals surface area contributed by atoms with E-state index < -0.39 is 24.5 Å². The summed E-state index contributed by atoms with van der Waals surface area (Å²) in [6, 6.07) is 19.7. The molecule has 0 radical (unpaired) electrons. The molecule has 0 saturated carbocycles. The summed E-state index contributed by atoms with van der Waals surface area (Å²) in [6.07, 6.45) is 0.171. The van der Waals surface area contributed by atoms with E-state index in [1.54, 1.807) is 27.1 Å². The molecule has 11 heteroatoms. The Kier molecular flexibility index (Phi) is 6.25. The zero-order chi connectivity index (χ0) is 28.1. The molecule has 0 bridgehead atoms. The van der Waals surface area contributed by atoms with Crippen molar-refractivity contribution in [2.45, 2.75) is 12.2 Å². The van der Waals surface area contributed by atoms with Crippen molar-refractivity contribution in [3.05, 3.63) is 99.3 Å². The predicted molar refractivity (Wildman–Crippen MR) is 151 cm³/mol. The van der Waals surface area contributed by atoms with Gasteiger partial charge in [0.25, 0.3) is 5.91 Å². The number of ether oxygens (including phenoxy) is 4. The molecule has 1 unspecified atom stereocenters. The summed E-state index contributed by atoms with van der Waals surface area (Å²) in [5.41, 5.74) is 5.00. The van der Waals surface area contributed by atoms with Gasteiger partial charge in [0.05, 0.1) is 26.4 Å². The van der Waals surface area contributed by atoms with Gasteiger partial charge in [-0.05, 0) is 33.7 Å². The molecular weight excluding hydrogens is 546 g/mol. The van der Waals surface area contributed by atoms with Crippen LogP contribution in [0.25, 0.3) is 21.6 Å². The number of nitrogens with zero attached hydrogens (tertiary/aromatic N) is 3. The Morgan fingerprint density at radius 1 is 1.00 bits per heavy atom. The second kappa shape index (κ2) is 10.1. The van der Waals surface area contributed by atoms with Crippen molar-refractivity contribution in [3.8, 4) is 27.3 Å². The maximum atomic E-state index is 14.0. The van der Waals surface area contributed by atoms with Crippen LogP contribution in [0.1, 0.15) is 27.7 Å². The largest absolute Gasteiger partial charge is 0.510 e. The van der Waals surface area contributed by atoms with E-state index in [9.17, 15) is 14.4 Å². The minimum absolute atomic E-state index is 0.0538. The fourth-order valence-electron chi connectivity index (χ4n) is 5.96. The number of amides is 1. The minimum atomic E-state index is -0.963. The number of pyridine rings is 1. The van der Waals surface area contributed by atoms with Crippen LogP contribution in [-0.2, 0) is 14.2 Å². The summed E-state index contributed by atoms with van der Waals surface area (Å²) in [6.45, 7) is 0.393. The van der Waals surface area contributed by atoms with Crippen molar-refractivity contribution in [1.29, 1.82) is 0 Å². The molecule has 2 atom stereocenters. The number of hydrogen-bond acceptors (Lipinski definition) is 9. The smallest absolute Gasteiger partial charge is 0.451 e. The van der Waals surface area contributed by atoms with Gasteiger partial charge in [0.1, 0.15) is 6.17 Å². The molecule has 1 amide bonds. The summed E-state index contributed by atoms with van der Waals surface area (Å²) in [5, 5.41) is 4.20. The maximum absolute atomic E-state index is 14.0. The van der Waals surface area contributed by atoms with Crippen LogP contribution in [0.4, 0.5) is 4.79 Å². The van der Waals surface area contributed by atoms with Gasteiger partial charge in [0, 0.05) is 29.2 Å². The van der Waals surface area contributed by atoms with Gasteiger partial charge in [0.2, 0.25) is 18.0 Å². The second-order valence-electron chi connectivity index (χ2n) is 9.74. The number of carbonyl (C=O) groups is 2. The molecule has 0 N–H and O–H groups in total. The molecule has 2 aromatic carbocycles. The summed E-state index contributed by atoms with van der Waals surface area (Å²) >= 11 is 1.69. The fourth-order valence-corrected chi connectivity index (χ4v) is 6.92. The third-order valence-electron chi connectivity index (χ3n) is 7.68. The highest BCUT2D eigenvalue weighted by Crippen LogP contribution is 2.49. The van der Waals surface area contributed by atoms with Crippen LogP contribution in [0.5, 0.6) is 5.75 Å². The number of rotatable bonds is 4. The van der Waals surface area contributed by atoms with Crippen LogP contribution < -0.4 is 15.2 Å². The topological polar surface area (TPSA) is 99.5 Å². The van der Waals surface area contributed by atoms with E-state index >= 15 is 0 Å². The Morgan fingerprint density at radius 2 is 1.76 bits per heavy atom. The summed E-state index contributed by atoms with van der Waals surface area (Å²) in [5.74, 6) is -0.569. The molecule has 1 fully saturated rings. The maximum Gasteiger partial charge on any atom is 0.510 e. The van der Waals surface area contributed by atoms with E-state index in [0.29, 0.717) is 13.2 Å². The molecule has 4 heterocycles. The van der Waals surface area contributed by atoms with Gasteiger partial charge < -0.3 is 23.8 Å². The molecule has 3 aliphatic rings. The Balaban J connectivity index is 1.46. The molecule has 4 aromatic rings. The Hall–Kier alpha value is -4.61. The number of hydrogen-bond donors (Lipinski definition) is 0. The number of benzene rings is 2. The molecule has 2 aromatic heterocycles. The second-order valence-corrected chi connectivity index (χ2v) is 10.7. The van der Waals surface area contributed by atoms with Gasteiger partial charge in [-0.25, -0.2) is 4.79 Å². The lowest BCUT2D eigenvalue weighted by molar-refractivity contribution is -0.0208. The van der Waals surface area contributed by atoms with Crippen LogP contribution in [-0.4, -0.2) is 61.5 Å².